The third kappa shape index (κ3) is 6.68. The van der Waals surface area contributed by atoms with E-state index < -0.39 is 5.97 Å². The minimum Gasteiger partial charge on any atom is -0.478 e. The molecular formula is C24H33ClO2. The van der Waals surface area contributed by atoms with Gasteiger partial charge in [-0.3, -0.25) is 0 Å². The third-order valence-electron chi connectivity index (χ3n) is 6.93. The monoisotopic (exact) mass is 388 g/mol. The van der Waals surface area contributed by atoms with Gasteiger partial charge in [-0.2, -0.15) is 0 Å². The Labute approximate surface area is 169 Å². The van der Waals surface area contributed by atoms with Crippen LogP contribution in [0.4, 0.5) is 0 Å². The lowest BCUT2D eigenvalue weighted by Gasteiger charge is -2.37. The summed E-state index contributed by atoms with van der Waals surface area (Å²) in [5.74, 6) is 2.63. The maximum absolute atomic E-state index is 10.6. The van der Waals surface area contributed by atoms with Gasteiger partial charge in [0.2, 0.25) is 0 Å². The Morgan fingerprint density at radius 3 is 2.04 bits per heavy atom. The maximum Gasteiger partial charge on any atom is 0.327 e. The molecule has 0 spiro atoms. The topological polar surface area (TPSA) is 37.3 Å². The number of carboxylic acid groups (broad SMARTS) is 1. The van der Waals surface area contributed by atoms with E-state index in [1.165, 1.54) is 75.8 Å². The van der Waals surface area contributed by atoms with Gasteiger partial charge >= 0.3 is 5.97 Å². The van der Waals surface area contributed by atoms with Gasteiger partial charge in [0.15, 0.2) is 0 Å². The van der Waals surface area contributed by atoms with Crippen molar-refractivity contribution in [2.24, 2.45) is 23.7 Å². The van der Waals surface area contributed by atoms with Crippen molar-refractivity contribution in [3.05, 3.63) is 47.0 Å². The third-order valence-corrected chi connectivity index (χ3v) is 7.19. The normalized spacial score (nSPS) is 29.1. The molecule has 0 amide bonds. The summed E-state index contributed by atoms with van der Waals surface area (Å²) in [6.07, 6.45) is 17.5. The molecule has 3 heteroatoms. The largest absolute Gasteiger partial charge is 0.478 e. The van der Waals surface area contributed by atoms with Crippen molar-refractivity contribution in [3.63, 3.8) is 0 Å². The van der Waals surface area contributed by atoms with Gasteiger partial charge in [0, 0.05) is 11.1 Å². The molecule has 0 atom stereocenters. The zero-order valence-electron chi connectivity index (χ0n) is 16.3. The van der Waals surface area contributed by atoms with Crippen molar-refractivity contribution < 1.29 is 9.90 Å². The number of aliphatic carboxylic acids is 1. The maximum atomic E-state index is 10.6. The van der Waals surface area contributed by atoms with Gasteiger partial charge in [-0.05, 0) is 99.2 Å². The van der Waals surface area contributed by atoms with Crippen LogP contribution in [0.2, 0.25) is 5.02 Å². The zero-order valence-corrected chi connectivity index (χ0v) is 17.0. The highest BCUT2D eigenvalue weighted by molar-refractivity contribution is 6.30. The first-order valence-corrected chi connectivity index (χ1v) is 11.1. The molecule has 2 aliphatic rings. The molecule has 2 fully saturated rings. The van der Waals surface area contributed by atoms with Gasteiger partial charge in [-0.15, -0.1) is 0 Å². The molecule has 2 saturated carbocycles. The Kier molecular flexibility index (Phi) is 7.81. The summed E-state index contributed by atoms with van der Waals surface area (Å²) < 4.78 is 0. The van der Waals surface area contributed by atoms with E-state index in [1.807, 2.05) is 18.2 Å². The molecule has 0 saturated heterocycles. The highest BCUT2D eigenvalue weighted by Crippen LogP contribution is 2.42. The van der Waals surface area contributed by atoms with Crippen molar-refractivity contribution in [2.75, 3.05) is 0 Å². The molecule has 2 aliphatic carbocycles. The van der Waals surface area contributed by atoms with Crippen LogP contribution < -0.4 is 0 Å². The number of allylic oxidation sites excluding steroid dienone is 1. The number of aryl methyl sites for hydroxylation is 1. The molecule has 0 unspecified atom stereocenters. The van der Waals surface area contributed by atoms with Crippen LogP contribution in [0.5, 0.6) is 0 Å². The van der Waals surface area contributed by atoms with E-state index in [4.69, 9.17) is 16.7 Å². The van der Waals surface area contributed by atoms with Gasteiger partial charge < -0.3 is 5.11 Å². The molecule has 1 aromatic rings. The van der Waals surface area contributed by atoms with E-state index in [0.29, 0.717) is 5.92 Å². The minimum absolute atomic E-state index is 0.701. The Morgan fingerprint density at radius 1 is 0.926 bits per heavy atom. The summed E-state index contributed by atoms with van der Waals surface area (Å²) >= 11 is 5.97. The lowest BCUT2D eigenvalue weighted by Crippen LogP contribution is -2.26. The summed E-state index contributed by atoms with van der Waals surface area (Å²) in [6, 6.07) is 8.33. The Balaban J connectivity index is 1.33. The predicted molar refractivity (Wildman–Crippen MR) is 112 cm³/mol. The molecule has 1 N–H and O–H groups in total. The minimum atomic E-state index is -0.823. The van der Waals surface area contributed by atoms with Crippen LogP contribution in [-0.4, -0.2) is 11.1 Å². The average Bonchev–Trinajstić information content (AvgIpc) is 2.68. The Morgan fingerprint density at radius 2 is 1.48 bits per heavy atom. The van der Waals surface area contributed by atoms with Gasteiger partial charge in [0.1, 0.15) is 0 Å². The van der Waals surface area contributed by atoms with Crippen LogP contribution in [0, 0.1) is 23.7 Å². The Hall–Kier alpha value is -1.28. The van der Waals surface area contributed by atoms with E-state index >= 15 is 0 Å². The summed E-state index contributed by atoms with van der Waals surface area (Å²) in [4.78, 5) is 10.6. The van der Waals surface area contributed by atoms with Crippen molar-refractivity contribution in [3.8, 4) is 0 Å². The van der Waals surface area contributed by atoms with E-state index in [9.17, 15) is 4.79 Å². The second-order valence-corrected chi connectivity index (χ2v) is 9.14. The van der Waals surface area contributed by atoms with Crippen LogP contribution >= 0.6 is 11.6 Å². The summed E-state index contributed by atoms with van der Waals surface area (Å²) in [6.45, 7) is 0. The van der Waals surface area contributed by atoms with Gasteiger partial charge in [0.25, 0.3) is 0 Å². The summed E-state index contributed by atoms with van der Waals surface area (Å²) in [5, 5.41) is 9.52. The van der Waals surface area contributed by atoms with Crippen molar-refractivity contribution in [1.29, 1.82) is 0 Å². The molecule has 0 radical (unpaired) electrons. The van der Waals surface area contributed by atoms with Crippen molar-refractivity contribution >= 4 is 17.6 Å². The molecular weight excluding hydrogens is 356 g/mol. The number of hydrogen-bond donors (Lipinski definition) is 1. The van der Waals surface area contributed by atoms with Gasteiger partial charge in [0.05, 0.1) is 0 Å². The predicted octanol–water partition coefficient (Wildman–Crippen LogP) is 6.92. The first kappa shape index (κ1) is 20.5. The fourth-order valence-electron chi connectivity index (χ4n) is 5.23. The summed E-state index contributed by atoms with van der Waals surface area (Å²) in [5.41, 5.74) is 1.41. The van der Waals surface area contributed by atoms with Crippen LogP contribution in [0.1, 0.15) is 69.8 Å². The number of hydrogen-bond acceptors (Lipinski definition) is 1. The molecule has 3 rings (SSSR count). The van der Waals surface area contributed by atoms with Gasteiger partial charge in [-0.1, -0.05) is 42.7 Å². The molecule has 148 valence electrons. The fourth-order valence-corrected chi connectivity index (χ4v) is 5.35. The number of carbonyl (C=O) groups is 1. The SMILES string of the molecule is O=C(O)/C=C/C[C@H]1CC[C@H]([C@H]2CC[C@H](CCc3ccc(Cl)cc3)CC2)CC1. The standard InChI is InChI=1S/C24H33ClO2/c25-23-16-10-20(11-17-23)5-4-19-8-14-22(15-9-19)21-12-6-18(7-13-21)2-1-3-24(26)27/h1,3,10-11,16-19,21-22H,2,4-9,12-15H2,(H,26,27)/b3-1+/t18-,19-,21-,22-. The number of rotatable bonds is 7. The van der Waals surface area contributed by atoms with E-state index in [-0.39, 0.29) is 0 Å². The van der Waals surface area contributed by atoms with Crippen LogP contribution in [0.3, 0.4) is 0 Å². The number of carboxylic acids is 1. The smallest absolute Gasteiger partial charge is 0.327 e. The molecule has 27 heavy (non-hydrogen) atoms. The Bertz CT molecular complexity index is 606. The number of benzene rings is 1. The highest BCUT2D eigenvalue weighted by atomic mass is 35.5. The van der Waals surface area contributed by atoms with Crippen molar-refractivity contribution in [2.45, 2.75) is 70.6 Å². The van der Waals surface area contributed by atoms with E-state index in [1.54, 1.807) is 0 Å². The van der Waals surface area contributed by atoms with Crippen molar-refractivity contribution in [1.82, 2.24) is 0 Å². The molecule has 0 aromatic heterocycles. The molecule has 0 heterocycles. The first-order valence-electron chi connectivity index (χ1n) is 10.7. The molecule has 0 bridgehead atoms. The van der Waals surface area contributed by atoms with E-state index in [2.05, 4.69) is 12.1 Å². The quantitative estimate of drug-likeness (QED) is 0.515. The highest BCUT2D eigenvalue weighted by Gasteiger charge is 2.30. The molecule has 2 nitrogen and oxygen atoms in total. The molecule has 0 aliphatic heterocycles. The van der Waals surface area contributed by atoms with Crippen LogP contribution in [0.15, 0.2) is 36.4 Å². The van der Waals surface area contributed by atoms with Crippen LogP contribution in [0.25, 0.3) is 0 Å². The second kappa shape index (κ2) is 10.3. The lowest BCUT2D eigenvalue weighted by molar-refractivity contribution is -0.131. The number of halogens is 1. The second-order valence-electron chi connectivity index (χ2n) is 8.70. The van der Waals surface area contributed by atoms with Gasteiger partial charge in [-0.25, -0.2) is 4.79 Å². The molecule has 1 aromatic carbocycles. The van der Waals surface area contributed by atoms with Crippen LogP contribution in [-0.2, 0) is 11.2 Å². The fraction of sp³-hybridized carbons (Fsp3) is 0.625. The van der Waals surface area contributed by atoms with E-state index in [0.717, 1.165) is 29.2 Å². The summed E-state index contributed by atoms with van der Waals surface area (Å²) in [7, 11) is 0. The average molecular weight is 389 g/mol. The zero-order chi connectivity index (χ0) is 19.1. The lowest BCUT2D eigenvalue weighted by atomic mass is 9.68. The first-order chi connectivity index (χ1) is 13.1.